The minimum atomic E-state index is -0.487. The van der Waals surface area contributed by atoms with Gasteiger partial charge in [-0.1, -0.05) is 17.3 Å². The van der Waals surface area contributed by atoms with Crippen molar-refractivity contribution in [3.63, 3.8) is 0 Å². The second-order valence-electron chi connectivity index (χ2n) is 5.02. The van der Waals surface area contributed by atoms with E-state index in [1.807, 2.05) is 13.1 Å². The van der Waals surface area contributed by atoms with Crippen LogP contribution in [0, 0.1) is 5.82 Å². The topological polar surface area (TPSA) is 65.8 Å². The highest BCUT2D eigenvalue weighted by Crippen LogP contribution is 2.09. The highest BCUT2D eigenvalue weighted by molar-refractivity contribution is 5.19. The SMILES string of the molecule is Cn1nccc1CCn1c(Cc2ccc(F)cc2)noc1=O. The van der Waals surface area contributed by atoms with Crippen LogP contribution in [0.1, 0.15) is 17.1 Å². The van der Waals surface area contributed by atoms with Gasteiger partial charge in [0.2, 0.25) is 0 Å². The van der Waals surface area contributed by atoms with Crippen LogP contribution in [0.2, 0.25) is 0 Å². The van der Waals surface area contributed by atoms with Crippen molar-refractivity contribution in [2.45, 2.75) is 19.4 Å². The second-order valence-corrected chi connectivity index (χ2v) is 5.02. The third kappa shape index (κ3) is 2.98. The number of aryl methyl sites for hydroxylation is 2. The summed E-state index contributed by atoms with van der Waals surface area (Å²) in [5.74, 6) is -0.254. The molecule has 3 rings (SSSR count). The van der Waals surface area contributed by atoms with Gasteiger partial charge in [-0.25, -0.2) is 9.18 Å². The summed E-state index contributed by atoms with van der Waals surface area (Å²) in [5, 5.41) is 7.91. The quantitative estimate of drug-likeness (QED) is 0.717. The van der Waals surface area contributed by atoms with Crippen LogP contribution in [0.15, 0.2) is 45.8 Å². The molecule has 1 aromatic carbocycles. The van der Waals surface area contributed by atoms with Crippen LogP contribution in [-0.2, 0) is 26.4 Å². The predicted octanol–water partition coefficient (Wildman–Crippen LogP) is 1.54. The highest BCUT2D eigenvalue weighted by atomic mass is 19.1. The van der Waals surface area contributed by atoms with Gasteiger partial charge in [-0.05, 0) is 23.8 Å². The van der Waals surface area contributed by atoms with E-state index in [-0.39, 0.29) is 5.82 Å². The van der Waals surface area contributed by atoms with Crippen molar-refractivity contribution in [2.75, 3.05) is 0 Å². The number of nitrogens with zero attached hydrogens (tertiary/aromatic N) is 4. The first-order chi connectivity index (χ1) is 10.6. The molecular formula is C15H15FN4O2. The molecule has 2 aromatic heterocycles. The first kappa shape index (κ1) is 14.2. The van der Waals surface area contributed by atoms with Crippen molar-refractivity contribution < 1.29 is 8.91 Å². The first-order valence-corrected chi connectivity index (χ1v) is 6.90. The Morgan fingerprint density at radius 2 is 2.00 bits per heavy atom. The molecule has 6 nitrogen and oxygen atoms in total. The van der Waals surface area contributed by atoms with Gasteiger partial charge in [-0.3, -0.25) is 13.8 Å². The number of benzene rings is 1. The van der Waals surface area contributed by atoms with Crippen molar-refractivity contribution in [2.24, 2.45) is 7.05 Å². The largest absolute Gasteiger partial charge is 0.441 e. The van der Waals surface area contributed by atoms with Crippen LogP contribution < -0.4 is 5.76 Å². The molecule has 0 aliphatic rings. The Morgan fingerprint density at radius 3 is 2.68 bits per heavy atom. The van der Waals surface area contributed by atoms with Gasteiger partial charge in [0.15, 0.2) is 5.82 Å². The van der Waals surface area contributed by atoms with Crippen LogP contribution in [0.4, 0.5) is 4.39 Å². The van der Waals surface area contributed by atoms with Gasteiger partial charge in [0.1, 0.15) is 5.82 Å². The Hall–Kier alpha value is -2.70. The lowest BCUT2D eigenvalue weighted by molar-refractivity contribution is 0.373. The maximum absolute atomic E-state index is 12.9. The molecule has 0 atom stereocenters. The van der Waals surface area contributed by atoms with Gasteiger partial charge in [0.25, 0.3) is 0 Å². The zero-order valence-corrected chi connectivity index (χ0v) is 12.1. The fourth-order valence-electron chi connectivity index (χ4n) is 2.30. The summed E-state index contributed by atoms with van der Waals surface area (Å²) in [6.07, 6.45) is 2.77. The Balaban J connectivity index is 1.77. The number of hydrogen-bond donors (Lipinski definition) is 0. The average molecular weight is 302 g/mol. The number of rotatable bonds is 5. The Morgan fingerprint density at radius 1 is 1.23 bits per heavy atom. The molecule has 3 aromatic rings. The molecule has 0 saturated heterocycles. The van der Waals surface area contributed by atoms with Gasteiger partial charge in [-0.2, -0.15) is 5.10 Å². The lowest BCUT2D eigenvalue weighted by Crippen LogP contribution is -2.19. The molecule has 0 saturated carbocycles. The number of halogens is 1. The van der Waals surface area contributed by atoms with Gasteiger partial charge in [-0.15, -0.1) is 0 Å². The van der Waals surface area contributed by atoms with E-state index in [1.165, 1.54) is 16.7 Å². The summed E-state index contributed by atoms with van der Waals surface area (Å²) >= 11 is 0. The minimum absolute atomic E-state index is 0.294. The molecule has 0 unspecified atom stereocenters. The average Bonchev–Trinajstić information content (AvgIpc) is 3.06. The van der Waals surface area contributed by atoms with Gasteiger partial charge < -0.3 is 0 Å². The fourth-order valence-corrected chi connectivity index (χ4v) is 2.30. The third-order valence-corrected chi connectivity index (χ3v) is 3.55. The third-order valence-electron chi connectivity index (χ3n) is 3.55. The molecule has 114 valence electrons. The lowest BCUT2D eigenvalue weighted by Gasteiger charge is -2.05. The van der Waals surface area contributed by atoms with Crippen LogP contribution in [0.5, 0.6) is 0 Å². The van der Waals surface area contributed by atoms with Crippen molar-refractivity contribution in [3.05, 3.63) is 70.0 Å². The van der Waals surface area contributed by atoms with Crippen molar-refractivity contribution >= 4 is 0 Å². The van der Waals surface area contributed by atoms with E-state index in [0.29, 0.717) is 25.2 Å². The molecule has 0 spiro atoms. The molecule has 0 fully saturated rings. The summed E-state index contributed by atoms with van der Waals surface area (Å²) in [7, 11) is 1.85. The normalized spacial score (nSPS) is 11.0. The molecule has 0 aliphatic carbocycles. The minimum Gasteiger partial charge on any atom is -0.296 e. The van der Waals surface area contributed by atoms with E-state index in [1.54, 1.807) is 23.0 Å². The van der Waals surface area contributed by atoms with Crippen molar-refractivity contribution in [1.29, 1.82) is 0 Å². The smallest absolute Gasteiger partial charge is 0.296 e. The van der Waals surface area contributed by atoms with E-state index >= 15 is 0 Å². The zero-order chi connectivity index (χ0) is 15.5. The molecule has 0 N–H and O–H groups in total. The zero-order valence-electron chi connectivity index (χ0n) is 12.1. The summed E-state index contributed by atoms with van der Waals surface area (Å²) in [5.41, 5.74) is 1.88. The standard InChI is InChI=1S/C15H15FN4O2/c1-19-13(6-8-17-19)7-9-20-14(18-22-15(20)21)10-11-2-4-12(16)5-3-11/h2-6,8H,7,9-10H2,1H3. The highest BCUT2D eigenvalue weighted by Gasteiger charge is 2.12. The van der Waals surface area contributed by atoms with Gasteiger partial charge >= 0.3 is 5.76 Å². The van der Waals surface area contributed by atoms with Gasteiger partial charge in [0, 0.05) is 38.3 Å². The van der Waals surface area contributed by atoms with E-state index < -0.39 is 5.76 Å². The van der Waals surface area contributed by atoms with Crippen LogP contribution in [0.25, 0.3) is 0 Å². The molecule has 0 amide bonds. The predicted molar refractivity (Wildman–Crippen MR) is 76.9 cm³/mol. The summed E-state index contributed by atoms with van der Waals surface area (Å²) < 4.78 is 20.9. The van der Waals surface area contributed by atoms with Crippen molar-refractivity contribution in [3.8, 4) is 0 Å². The van der Waals surface area contributed by atoms with E-state index in [4.69, 9.17) is 4.52 Å². The Labute approximate surface area is 125 Å². The van der Waals surface area contributed by atoms with Crippen LogP contribution >= 0.6 is 0 Å². The molecule has 0 aliphatic heterocycles. The fraction of sp³-hybridized carbons (Fsp3) is 0.267. The molecule has 7 heteroatoms. The first-order valence-electron chi connectivity index (χ1n) is 6.90. The molecular weight excluding hydrogens is 287 g/mol. The Kier molecular flexibility index (Phi) is 3.86. The Bertz CT molecular complexity index is 817. The summed E-state index contributed by atoms with van der Waals surface area (Å²) in [6, 6.07) is 8.00. The molecule has 22 heavy (non-hydrogen) atoms. The molecule has 0 bridgehead atoms. The van der Waals surface area contributed by atoms with Gasteiger partial charge in [0.05, 0.1) is 0 Å². The van der Waals surface area contributed by atoms with E-state index in [0.717, 1.165) is 11.3 Å². The second kappa shape index (κ2) is 5.97. The lowest BCUT2D eigenvalue weighted by atomic mass is 10.1. The maximum Gasteiger partial charge on any atom is 0.441 e. The summed E-state index contributed by atoms with van der Waals surface area (Å²) in [6.45, 7) is 0.457. The summed E-state index contributed by atoms with van der Waals surface area (Å²) in [4.78, 5) is 11.8. The van der Waals surface area contributed by atoms with Crippen LogP contribution in [-0.4, -0.2) is 19.5 Å². The monoisotopic (exact) mass is 302 g/mol. The van der Waals surface area contributed by atoms with Crippen molar-refractivity contribution in [1.82, 2.24) is 19.5 Å². The number of aromatic nitrogens is 4. The maximum atomic E-state index is 12.9. The molecule has 2 heterocycles. The van der Waals surface area contributed by atoms with Crippen LogP contribution in [0.3, 0.4) is 0 Å². The number of hydrogen-bond acceptors (Lipinski definition) is 4. The van der Waals surface area contributed by atoms with E-state index in [9.17, 15) is 9.18 Å². The molecule has 0 radical (unpaired) electrons. The van der Waals surface area contributed by atoms with E-state index in [2.05, 4.69) is 10.3 Å².